The van der Waals surface area contributed by atoms with Crippen molar-refractivity contribution in [3.8, 4) is 0 Å². The number of nitrogens with one attached hydrogen (secondary N) is 1. The van der Waals surface area contributed by atoms with E-state index in [1.165, 1.54) is 141 Å². The van der Waals surface area contributed by atoms with Gasteiger partial charge in [0.1, 0.15) is 6.10 Å². The van der Waals surface area contributed by atoms with E-state index < -0.39 is 18.2 Å². The van der Waals surface area contributed by atoms with E-state index >= 15 is 0 Å². The zero-order valence-corrected chi connectivity index (χ0v) is 39.6. The highest BCUT2D eigenvalue weighted by atomic mass is 16.5. The molecule has 60 heavy (non-hydrogen) atoms. The monoisotopic (exact) mass is 840 g/mol. The minimum Gasteiger partial charge on any atom is -0.462 e. The number of carbonyl (C=O) groups is 2. The zero-order valence-electron chi connectivity index (χ0n) is 39.6. The Morgan fingerprint density at radius 3 is 1.30 bits per heavy atom. The number of hydrogen-bond acceptors (Lipinski definition) is 5. The summed E-state index contributed by atoms with van der Waals surface area (Å²) in [6.45, 7) is 6.33. The molecule has 0 spiro atoms. The summed E-state index contributed by atoms with van der Waals surface area (Å²) in [5, 5.41) is 23.8. The van der Waals surface area contributed by atoms with Crippen LogP contribution in [-0.2, 0) is 14.3 Å². The minimum absolute atomic E-state index is 0.0497. The first-order chi connectivity index (χ1) is 29.5. The molecule has 1 amide bonds. The van der Waals surface area contributed by atoms with Crippen molar-refractivity contribution in [3.05, 3.63) is 60.8 Å². The molecule has 0 aliphatic carbocycles. The Hall–Kier alpha value is -2.44. The van der Waals surface area contributed by atoms with Crippen LogP contribution in [0.4, 0.5) is 0 Å². The third-order valence-corrected chi connectivity index (χ3v) is 11.5. The van der Waals surface area contributed by atoms with Gasteiger partial charge in [-0.1, -0.05) is 255 Å². The highest BCUT2D eigenvalue weighted by molar-refractivity contribution is 5.77. The SMILES string of the molecule is CC/C=C/C=C/C=C\C=C/C=C/CCCC(=O)OC(CCCCCCCCCCCCC)CC(=O)NC(CO)C(O)CCCCCCCCCCCCCCCCCCC. The largest absolute Gasteiger partial charge is 0.462 e. The van der Waals surface area contributed by atoms with Gasteiger partial charge >= 0.3 is 5.97 Å². The number of hydrogen-bond donors (Lipinski definition) is 3. The maximum absolute atomic E-state index is 13.2. The van der Waals surface area contributed by atoms with Crippen LogP contribution in [-0.4, -0.2) is 46.9 Å². The van der Waals surface area contributed by atoms with Crippen LogP contribution in [0.5, 0.6) is 0 Å². The molecule has 6 nitrogen and oxygen atoms in total. The van der Waals surface area contributed by atoms with Crippen molar-refractivity contribution in [1.82, 2.24) is 5.32 Å². The third kappa shape index (κ3) is 42.3. The van der Waals surface area contributed by atoms with E-state index in [2.05, 4.69) is 38.2 Å². The molecule has 0 aromatic rings. The van der Waals surface area contributed by atoms with Crippen LogP contribution in [0, 0.1) is 0 Å². The summed E-state index contributed by atoms with van der Waals surface area (Å²) in [5.41, 5.74) is 0. The number of carbonyl (C=O) groups excluding carboxylic acids is 2. The predicted molar refractivity (Wildman–Crippen MR) is 259 cm³/mol. The van der Waals surface area contributed by atoms with Crippen molar-refractivity contribution < 1.29 is 24.5 Å². The standard InChI is InChI=1S/C54H97NO5/c1-4-7-10-13-16-19-22-24-25-26-27-29-31-34-37-40-43-46-52(57)51(49-56)55-53(58)48-50(45-42-39-36-33-30-21-18-15-12-9-6-3)60-54(59)47-44-41-38-35-32-28-23-20-17-14-11-8-5-2/h8,11,14,17,20,23,28,32,35,38,50-52,56-57H,4-7,9-10,12-13,15-16,18-19,21-22,24-27,29-31,33-34,36-37,39-49H2,1-3H3,(H,55,58)/b11-8+,17-14+,23-20-,32-28-,38-35+. The van der Waals surface area contributed by atoms with Gasteiger partial charge in [-0.25, -0.2) is 0 Å². The molecule has 0 rings (SSSR count). The Labute approximate surface area is 371 Å². The Morgan fingerprint density at radius 1 is 0.500 bits per heavy atom. The topological polar surface area (TPSA) is 95.9 Å². The van der Waals surface area contributed by atoms with E-state index in [0.717, 1.165) is 51.4 Å². The summed E-state index contributed by atoms with van der Waals surface area (Å²) in [7, 11) is 0. The second-order valence-electron chi connectivity index (χ2n) is 17.3. The van der Waals surface area contributed by atoms with Crippen LogP contribution in [0.25, 0.3) is 0 Å². The molecule has 0 saturated carbocycles. The van der Waals surface area contributed by atoms with E-state index in [1.54, 1.807) is 0 Å². The predicted octanol–water partition coefficient (Wildman–Crippen LogP) is 15.2. The van der Waals surface area contributed by atoms with Gasteiger partial charge in [0, 0.05) is 6.42 Å². The second-order valence-corrected chi connectivity index (χ2v) is 17.3. The summed E-state index contributed by atoms with van der Waals surface area (Å²) in [5.74, 6) is -0.558. The van der Waals surface area contributed by atoms with Gasteiger partial charge in [-0.15, -0.1) is 0 Å². The van der Waals surface area contributed by atoms with Gasteiger partial charge in [0.05, 0.1) is 25.2 Å². The first-order valence-electron chi connectivity index (χ1n) is 25.6. The molecule has 348 valence electrons. The number of aliphatic hydroxyl groups excluding tert-OH is 2. The molecular weight excluding hydrogens is 743 g/mol. The molecule has 6 heteroatoms. The summed E-state index contributed by atoms with van der Waals surface area (Å²) < 4.78 is 5.88. The summed E-state index contributed by atoms with van der Waals surface area (Å²) in [6.07, 6.45) is 58.6. The number of allylic oxidation sites excluding steroid dienone is 10. The van der Waals surface area contributed by atoms with Gasteiger partial charge in [-0.2, -0.15) is 0 Å². The first kappa shape index (κ1) is 57.6. The van der Waals surface area contributed by atoms with Crippen LogP contribution < -0.4 is 5.32 Å². The number of aliphatic hydroxyl groups is 2. The lowest BCUT2D eigenvalue weighted by atomic mass is 10.0. The van der Waals surface area contributed by atoms with E-state index in [0.29, 0.717) is 25.7 Å². The van der Waals surface area contributed by atoms with Crippen LogP contribution in [0.1, 0.15) is 245 Å². The van der Waals surface area contributed by atoms with E-state index in [1.807, 2.05) is 48.6 Å². The van der Waals surface area contributed by atoms with Gasteiger partial charge in [-0.3, -0.25) is 9.59 Å². The first-order valence-corrected chi connectivity index (χ1v) is 25.6. The Morgan fingerprint density at radius 2 is 0.883 bits per heavy atom. The highest BCUT2D eigenvalue weighted by Gasteiger charge is 2.24. The zero-order chi connectivity index (χ0) is 43.8. The van der Waals surface area contributed by atoms with Gasteiger partial charge in [-0.05, 0) is 38.5 Å². The highest BCUT2D eigenvalue weighted by Crippen LogP contribution is 2.18. The fourth-order valence-electron chi connectivity index (χ4n) is 7.64. The fourth-order valence-corrected chi connectivity index (χ4v) is 7.64. The van der Waals surface area contributed by atoms with Crippen molar-refractivity contribution in [2.75, 3.05) is 6.61 Å². The molecule has 3 unspecified atom stereocenters. The molecule has 3 N–H and O–H groups in total. The molecule has 0 aromatic heterocycles. The number of rotatable bonds is 45. The van der Waals surface area contributed by atoms with Gasteiger partial charge in [0.15, 0.2) is 0 Å². The molecular formula is C54H97NO5. The van der Waals surface area contributed by atoms with Crippen LogP contribution >= 0.6 is 0 Å². The molecule has 0 radical (unpaired) electrons. The lowest BCUT2D eigenvalue weighted by molar-refractivity contribution is -0.151. The fraction of sp³-hybridized carbons (Fsp3) is 0.778. The normalized spacial score (nSPS) is 13.8. The minimum atomic E-state index is -0.799. The molecule has 0 aliphatic rings. The van der Waals surface area contributed by atoms with Crippen LogP contribution in [0.2, 0.25) is 0 Å². The van der Waals surface area contributed by atoms with Crippen molar-refractivity contribution in [2.45, 2.75) is 264 Å². The maximum Gasteiger partial charge on any atom is 0.306 e. The molecule has 3 atom stereocenters. The Balaban J connectivity index is 4.56. The van der Waals surface area contributed by atoms with Crippen molar-refractivity contribution >= 4 is 11.9 Å². The number of amides is 1. The lowest BCUT2D eigenvalue weighted by Crippen LogP contribution is -2.46. The molecule has 0 heterocycles. The number of unbranched alkanes of at least 4 members (excludes halogenated alkanes) is 27. The quantitative estimate of drug-likeness (QED) is 0.0322. The summed E-state index contributed by atoms with van der Waals surface area (Å²) >= 11 is 0. The number of ether oxygens (including phenoxy) is 1. The molecule has 0 bridgehead atoms. The lowest BCUT2D eigenvalue weighted by Gasteiger charge is -2.24. The average Bonchev–Trinajstić information content (AvgIpc) is 3.24. The van der Waals surface area contributed by atoms with Crippen molar-refractivity contribution in [2.24, 2.45) is 0 Å². The van der Waals surface area contributed by atoms with Gasteiger partial charge < -0.3 is 20.3 Å². The van der Waals surface area contributed by atoms with Crippen molar-refractivity contribution in [1.29, 1.82) is 0 Å². The molecule has 0 fully saturated rings. The van der Waals surface area contributed by atoms with E-state index in [4.69, 9.17) is 4.74 Å². The smallest absolute Gasteiger partial charge is 0.306 e. The van der Waals surface area contributed by atoms with Gasteiger partial charge in [0.25, 0.3) is 0 Å². The Kier molecular flexibility index (Phi) is 45.7. The summed E-state index contributed by atoms with van der Waals surface area (Å²) in [4.78, 5) is 26.0. The van der Waals surface area contributed by atoms with E-state index in [-0.39, 0.29) is 24.9 Å². The second kappa shape index (κ2) is 47.6. The number of esters is 1. The molecule has 0 aliphatic heterocycles. The third-order valence-electron chi connectivity index (χ3n) is 11.5. The van der Waals surface area contributed by atoms with Gasteiger partial charge in [0.2, 0.25) is 5.91 Å². The maximum atomic E-state index is 13.2. The molecule has 0 aromatic carbocycles. The average molecular weight is 840 g/mol. The van der Waals surface area contributed by atoms with Crippen molar-refractivity contribution in [3.63, 3.8) is 0 Å². The summed E-state index contributed by atoms with van der Waals surface area (Å²) in [6, 6.07) is -0.715. The molecule has 0 saturated heterocycles. The van der Waals surface area contributed by atoms with E-state index in [9.17, 15) is 19.8 Å². The van der Waals surface area contributed by atoms with Crippen LogP contribution in [0.15, 0.2) is 60.8 Å². The van der Waals surface area contributed by atoms with Crippen LogP contribution in [0.3, 0.4) is 0 Å². The Bertz CT molecular complexity index is 1080.